The second-order valence-electron chi connectivity index (χ2n) is 11.8. The van der Waals surface area contributed by atoms with Crippen molar-refractivity contribution in [2.75, 3.05) is 25.6 Å². The molecular formula is C30H36N6O5. The lowest BCUT2D eigenvalue weighted by Crippen LogP contribution is -2.63. The van der Waals surface area contributed by atoms with Crippen LogP contribution in [0.25, 0.3) is 10.8 Å². The summed E-state index contributed by atoms with van der Waals surface area (Å²) in [4.78, 5) is 40.7. The number of nitrogens with two attached hydrogens (primary N) is 1. The molecule has 0 aromatic carbocycles. The maximum absolute atomic E-state index is 12.5. The van der Waals surface area contributed by atoms with Crippen molar-refractivity contribution in [3.05, 3.63) is 47.4 Å². The predicted octanol–water partition coefficient (Wildman–Crippen LogP) is 3.64. The Bertz CT molecular complexity index is 1520. The predicted molar refractivity (Wildman–Crippen MR) is 152 cm³/mol. The summed E-state index contributed by atoms with van der Waals surface area (Å²) in [5, 5.41) is 4.81. The number of aromatic nitrogens is 3. The number of hydrogen-bond donors (Lipinski definition) is 2. The first-order valence-corrected chi connectivity index (χ1v) is 14.1. The minimum absolute atomic E-state index is 0.0285. The van der Waals surface area contributed by atoms with E-state index in [1.54, 1.807) is 31.6 Å². The van der Waals surface area contributed by atoms with Crippen molar-refractivity contribution in [2.24, 2.45) is 11.7 Å². The van der Waals surface area contributed by atoms with Crippen LogP contribution in [0.2, 0.25) is 0 Å². The van der Waals surface area contributed by atoms with E-state index in [0.717, 1.165) is 23.8 Å². The molecule has 11 nitrogen and oxygen atoms in total. The van der Waals surface area contributed by atoms with Gasteiger partial charge in [-0.2, -0.15) is 0 Å². The first-order valence-electron chi connectivity index (χ1n) is 14.1. The van der Waals surface area contributed by atoms with Crippen molar-refractivity contribution in [3.63, 3.8) is 0 Å². The first-order chi connectivity index (χ1) is 19.6. The van der Waals surface area contributed by atoms with Gasteiger partial charge in [0.15, 0.2) is 0 Å². The second kappa shape index (κ2) is 10.2. The fourth-order valence-corrected chi connectivity index (χ4v) is 5.57. The lowest BCUT2D eigenvalue weighted by molar-refractivity contribution is -0.148. The Hall–Kier alpha value is -3.83. The van der Waals surface area contributed by atoms with E-state index in [0.29, 0.717) is 40.7 Å². The number of carbonyl (C=O) groups is 2. The van der Waals surface area contributed by atoms with Crippen molar-refractivity contribution in [3.8, 4) is 5.88 Å². The summed E-state index contributed by atoms with van der Waals surface area (Å²) in [6, 6.07) is 5.33. The second-order valence-corrected chi connectivity index (χ2v) is 11.8. The van der Waals surface area contributed by atoms with E-state index >= 15 is 0 Å². The maximum Gasteiger partial charge on any atom is 0.340 e. The lowest BCUT2D eigenvalue weighted by Gasteiger charge is -2.45. The Kier molecular flexibility index (Phi) is 6.82. The Morgan fingerprint density at radius 1 is 1.17 bits per heavy atom. The monoisotopic (exact) mass is 560 g/mol. The number of hydrogen-bond acceptors (Lipinski definition) is 10. The fourth-order valence-electron chi connectivity index (χ4n) is 5.57. The number of nitrogens with one attached hydrogen (secondary N) is 1. The van der Waals surface area contributed by atoms with Crippen LogP contribution in [-0.4, -0.2) is 70.2 Å². The standard InChI is InChI=1S/C30H36N6O5/c1-15-17(3)40-29(38)19-8-9-24(35-26(15)19)34-25-10-20-21(11-32-25)27(33-12-22(20)30(4,31)14-39-5)41-23-13-36(16(23)2)28(37)18-6-7-18/h8-12,15-18,23H,6-7,13-14,31H2,1-5H3,(H,32,34,35)/t15-,16+,17-,23-,30?/m0/s1. The zero-order chi connectivity index (χ0) is 29.1. The topological polar surface area (TPSA) is 142 Å². The van der Waals surface area contributed by atoms with Gasteiger partial charge in [-0.1, -0.05) is 6.92 Å². The zero-order valence-corrected chi connectivity index (χ0v) is 24.0. The molecule has 1 saturated carbocycles. The minimum Gasteiger partial charge on any atom is -0.470 e. The third-order valence-electron chi connectivity index (χ3n) is 8.50. The normalized spacial score (nSPS) is 25.1. The molecule has 41 heavy (non-hydrogen) atoms. The number of rotatable bonds is 8. The van der Waals surface area contributed by atoms with Crippen molar-refractivity contribution in [1.29, 1.82) is 0 Å². The fraction of sp³-hybridized carbons (Fsp3) is 0.500. The van der Waals surface area contributed by atoms with Gasteiger partial charge < -0.3 is 30.2 Å². The lowest BCUT2D eigenvalue weighted by atomic mass is 9.91. The summed E-state index contributed by atoms with van der Waals surface area (Å²) in [6.07, 6.45) is 4.98. The Morgan fingerprint density at radius 2 is 1.95 bits per heavy atom. The highest BCUT2D eigenvalue weighted by Gasteiger charge is 2.45. The molecule has 3 aromatic heterocycles. The molecule has 2 fully saturated rings. The largest absolute Gasteiger partial charge is 0.470 e. The number of carbonyl (C=O) groups excluding carboxylic acids is 2. The Balaban J connectivity index is 1.31. The number of anilines is 2. The molecule has 11 heteroatoms. The maximum atomic E-state index is 12.5. The minimum atomic E-state index is -0.829. The van der Waals surface area contributed by atoms with Crippen molar-refractivity contribution < 1.29 is 23.8 Å². The van der Waals surface area contributed by atoms with E-state index in [1.165, 1.54) is 0 Å². The molecule has 0 radical (unpaired) electrons. The number of ether oxygens (including phenoxy) is 3. The number of likely N-dealkylation sites (tertiary alicyclic amines) is 1. The van der Waals surface area contributed by atoms with Gasteiger partial charge in [-0.3, -0.25) is 4.79 Å². The van der Waals surface area contributed by atoms with Crippen LogP contribution < -0.4 is 15.8 Å². The number of amides is 1. The number of pyridine rings is 3. The molecule has 1 aliphatic carbocycles. The zero-order valence-electron chi connectivity index (χ0n) is 24.0. The van der Waals surface area contributed by atoms with Crippen LogP contribution >= 0.6 is 0 Å². The number of nitrogens with zero attached hydrogens (tertiary/aromatic N) is 4. The molecule has 3 N–H and O–H groups in total. The average Bonchev–Trinajstić information content (AvgIpc) is 3.79. The molecule has 1 unspecified atom stereocenters. The van der Waals surface area contributed by atoms with Crippen LogP contribution in [0.15, 0.2) is 30.6 Å². The van der Waals surface area contributed by atoms with Crippen molar-refractivity contribution in [1.82, 2.24) is 19.9 Å². The van der Waals surface area contributed by atoms with E-state index < -0.39 is 5.54 Å². The quantitative estimate of drug-likeness (QED) is 0.392. The third kappa shape index (κ3) is 4.97. The smallest absolute Gasteiger partial charge is 0.340 e. The average molecular weight is 561 g/mol. The molecule has 0 bridgehead atoms. The van der Waals surface area contributed by atoms with E-state index in [1.807, 2.05) is 38.7 Å². The Labute approximate surface area is 238 Å². The number of cyclic esters (lactones) is 1. The molecule has 5 heterocycles. The third-order valence-corrected chi connectivity index (χ3v) is 8.50. The van der Waals surface area contributed by atoms with E-state index in [-0.39, 0.29) is 48.6 Å². The van der Waals surface area contributed by atoms with Gasteiger partial charge in [-0.05, 0) is 57.2 Å². The van der Waals surface area contributed by atoms with E-state index in [4.69, 9.17) is 24.9 Å². The highest BCUT2D eigenvalue weighted by molar-refractivity contribution is 5.93. The highest BCUT2D eigenvalue weighted by atomic mass is 16.5. The number of fused-ring (bicyclic) bond motifs is 2. The van der Waals surface area contributed by atoms with Crippen LogP contribution in [0, 0.1) is 5.92 Å². The number of esters is 1. The van der Waals surface area contributed by atoms with E-state index in [9.17, 15) is 9.59 Å². The van der Waals surface area contributed by atoms with Gasteiger partial charge in [0, 0.05) is 36.9 Å². The summed E-state index contributed by atoms with van der Waals surface area (Å²) >= 11 is 0. The molecule has 0 spiro atoms. The summed E-state index contributed by atoms with van der Waals surface area (Å²) in [5.41, 5.74) is 7.80. The molecule has 216 valence electrons. The van der Waals surface area contributed by atoms with E-state index in [2.05, 4.69) is 15.3 Å². The summed E-state index contributed by atoms with van der Waals surface area (Å²) in [7, 11) is 1.61. The Morgan fingerprint density at radius 3 is 2.66 bits per heavy atom. The molecule has 5 atom stereocenters. The van der Waals surface area contributed by atoms with Gasteiger partial charge in [0.1, 0.15) is 23.8 Å². The molecule has 2 aliphatic heterocycles. The van der Waals surface area contributed by atoms with Gasteiger partial charge in [-0.25, -0.2) is 19.7 Å². The highest BCUT2D eigenvalue weighted by Crippen LogP contribution is 2.38. The van der Waals surface area contributed by atoms with Crippen LogP contribution in [0.1, 0.15) is 68.1 Å². The molecular weight excluding hydrogens is 524 g/mol. The molecule has 3 aromatic rings. The van der Waals surface area contributed by atoms with Crippen LogP contribution in [0.3, 0.4) is 0 Å². The van der Waals surface area contributed by atoms with Gasteiger partial charge in [-0.15, -0.1) is 0 Å². The van der Waals surface area contributed by atoms with Crippen LogP contribution in [0.4, 0.5) is 11.6 Å². The van der Waals surface area contributed by atoms with Gasteiger partial charge in [0.05, 0.1) is 41.4 Å². The SMILES string of the molecule is COCC(C)(N)c1cnc(O[C@H]2CN(C(=O)C3CC3)[C@@H]2C)c2cnc(Nc3ccc4c(n3)[C@@H](C)[C@H](C)OC4=O)cc12. The molecule has 1 amide bonds. The molecule has 1 saturated heterocycles. The number of methoxy groups -OCH3 is 1. The van der Waals surface area contributed by atoms with Gasteiger partial charge in [0.2, 0.25) is 11.8 Å². The van der Waals surface area contributed by atoms with Crippen molar-refractivity contribution >= 4 is 34.3 Å². The first kappa shape index (κ1) is 27.3. The van der Waals surface area contributed by atoms with Gasteiger partial charge >= 0.3 is 5.97 Å². The molecule has 6 rings (SSSR count). The summed E-state index contributed by atoms with van der Waals surface area (Å²) in [5.74, 6) is 1.56. The van der Waals surface area contributed by atoms with Crippen LogP contribution in [0.5, 0.6) is 5.88 Å². The summed E-state index contributed by atoms with van der Waals surface area (Å²) < 4.78 is 17.2. The van der Waals surface area contributed by atoms with Gasteiger partial charge in [0.25, 0.3) is 0 Å². The van der Waals surface area contributed by atoms with Crippen LogP contribution in [-0.2, 0) is 19.8 Å². The molecule has 3 aliphatic rings. The van der Waals surface area contributed by atoms with Crippen molar-refractivity contribution in [2.45, 2.75) is 70.2 Å². The summed E-state index contributed by atoms with van der Waals surface area (Å²) in [6.45, 7) is 8.58.